The molecule has 0 saturated carbocycles. The summed E-state index contributed by atoms with van der Waals surface area (Å²) in [6.07, 6.45) is -0.951. The molecule has 120 valence electrons. The van der Waals surface area contributed by atoms with Crippen LogP contribution in [0.15, 0.2) is 52.4 Å². The number of carbonyl (C=O) groups is 1. The molecule has 1 heterocycles. The van der Waals surface area contributed by atoms with Crippen molar-refractivity contribution >= 4 is 46.3 Å². The molecule has 4 nitrogen and oxygen atoms in total. The van der Waals surface area contributed by atoms with Crippen molar-refractivity contribution < 1.29 is 4.79 Å². The number of isothiocyanates is 1. The first kappa shape index (κ1) is 16.5. The minimum absolute atomic E-state index is 0.264. The van der Waals surface area contributed by atoms with E-state index in [1.54, 1.807) is 13.1 Å². The Kier molecular flexibility index (Phi) is 4.58. The van der Waals surface area contributed by atoms with E-state index in [0.29, 0.717) is 10.7 Å². The number of benzene rings is 2. The Hall–Kier alpha value is -2.33. The first-order chi connectivity index (χ1) is 11.5. The zero-order valence-corrected chi connectivity index (χ0v) is 14.7. The lowest BCUT2D eigenvalue weighted by Crippen LogP contribution is -2.33. The minimum Gasteiger partial charge on any atom is -0.311 e. The first-order valence-electron chi connectivity index (χ1n) is 7.31. The highest BCUT2D eigenvalue weighted by Crippen LogP contribution is 2.31. The van der Waals surface area contributed by atoms with E-state index < -0.39 is 6.17 Å². The summed E-state index contributed by atoms with van der Waals surface area (Å²) in [6.45, 7) is 2.00. The predicted molar refractivity (Wildman–Crippen MR) is 100 cm³/mol. The summed E-state index contributed by atoms with van der Waals surface area (Å²) in [5.41, 5.74) is 4.16. The number of carbonyl (C=O) groups excluding carboxylic acids is 1. The summed E-state index contributed by atoms with van der Waals surface area (Å²) in [4.78, 5) is 22.7. The fraction of sp³-hybridized carbons (Fsp3) is 0.167. The molecule has 0 radical (unpaired) electrons. The maximum absolute atomic E-state index is 12.7. The Bertz CT molecular complexity index is 903. The standard InChI is InChI=1S/C18H14ClN3OS/c1-11-5-3-4-6-13(11)16-14-9-12(19)7-8-15(14)22(2)18(23)17(21-16)20-10-24/h3-9,17H,1-2H3. The summed E-state index contributed by atoms with van der Waals surface area (Å²) in [6, 6.07) is 13.2. The van der Waals surface area contributed by atoms with Crippen LogP contribution in [0.3, 0.4) is 0 Å². The highest BCUT2D eigenvalue weighted by atomic mass is 35.5. The Labute approximate surface area is 150 Å². The van der Waals surface area contributed by atoms with Gasteiger partial charge in [-0.3, -0.25) is 4.79 Å². The average Bonchev–Trinajstić information content (AvgIpc) is 2.66. The van der Waals surface area contributed by atoms with Gasteiger partial charge in [0, 0.05) is 23.2 Å². The van der Waals surface area contributed by atoms with E-state index in [2.05, 4.69) is 27.4 Å². The molecule has 1 unspecified atom stereocenters. The number of aliphatic imine (C=N–C) groups is 2. The van der Waals surface area contributed by atoms with Gasteiger partial charge in [0.2, 0.25) is 6.17 Å². The van der Waals surface area contributed by atoms with Gasteiger partial charge in [0.25, 0.3) is 5.91 Å². The molecule has 6 heteroatoms. The number of thiocarbonyl (C=S) groups is 1. The van der Waals surface area contributed by atoms with Crippen molar-refractivity contribution in [3.63, 3.8) is 0 Å². The number of fused-ring (bicyclic) bond motifs is 1. The van der Waals surface area contributed by atoms with E-state index in [4.69, 9.17) is 11.6 Å². The van der Waals surface area contributed by atoms with Gasteiger partial charge in [-0.1, -0.05) is 35.9 Å². The molecule has 1 aliphatic rings. The molecule has 0 saturated heterocycles. The van der Waals surface area contributed by atoms with Gasteiger partial charge in [0.15, 0.2) is 0 Å². The normalized spacial score (nSPS) is 16.8. The highest BCUT2D eigenvalue weighted by molar-refractivity contribution is 7.78. The van der Waals surface area contributed by atoms with Crippen LogP contribution < -0.4 is 4.90 Å². The van der Waals surface area contributed by atoms with E-state index >= 15 is 0 Å². The highest BCUT2D eigenvalue weighted by Gasteiger charge is 2.30. The molecular formula is C18H14ClN3OS. The third-order valence-electron chi connectivity index (χ3n) is 3.95. The second kappa shape index (κ2) is 6.65. The van der Waals surface area contributed by atoms with Crippen LogP contribution in [0.2, 0.25) is 5.02 Å². The summed E-state index contributed by atoms with van der Waals surface area (Å²) in [5, 5.41) is 2.85. The van der Waals surface area contributed by atoms with Gasteiger partial charge in [0.05, 0.1) is 16.6 Å². The Morgan fingerprint density at radius 2 is 2.00 bits per heavy atom. The Morgan fingerprint density at radius 3 is 2.71 bits per heavy atom. The molecule has 1 atom stereocenters. The van der Waals surface area contributed by atoms with Crippen LogP contribution in [0.4, 0.5) is 5.69 Å². The lowest BCUT2D eigenvalue weighted by Gasteiger charge is -2.19. The predicted octanol–water partition coefficient (Wildman–Crippen LogP) is 3.89. The van der Waals surface area contributed by atoms with Crippen molar-refractivity contribution in [3.05, 3.63) is 64.2 Å². The molecule has 2 aromatic rings. The first-order valence-corrected chi connectivity index (χ1v) is 8.10. The van der Waals surface area contributed by atoms with E-state index in [0.717, 1.165) is 22.4 Å². The number of benzodiazepines with no additional fused rings is 1. The summed E-state index contributed by atoms with van der Waals surface area (Å²) >= 11 is 10.9. The minimum atomic E-state index is -0.951. The second-order valence-corrected chi connectivity index (χ2v) is 6.06. The van der Waals surface area contributed by atoms with E-state index in [9.17, 15) is 4.79 Å². The fourth-order valence-corrected chi connectivity index (χ4v) is 2.99. The monoisotopic (exact) mass is 355 g/mol. The van der Waals surface area contributed by atoms with Crippen molar-refractivity contribution in [1.82, 2.24) is 0 Å². The number of rotatable bonds is 2. The number of likely N-dealkylation sites (N-methyl/N-ethyl adjacent to an activating group) is 1. The van der Waals surface area contributed by atoms with Crippen LogP contribution >= 0.6 is 23.8 Å². The van der Waals surface area contributed by atoms with Crippen LogP contribution in [0.1, 0.15) is 16.7 Å². The summed E-state index contributed by atoms with van der Waals surface area (Å²) in [5.74, 6) is -0.264. The van der Waals surface area contributed by atoms with Crippen molar-refractivity contribution in [2.75, 3.05) is 11.9 Å². The van der Waals surface area contributed by atoms with Gasteiger partial charge in [-0.05, 0) is 42.9 Å². The van der Waals surface area contributed by atoms with Crippen molar-refractivity contribution in [1.29, 1.82) is 0 Å². The summed E-state index contributed by atoms with van der Waals surface area (Å²) in [7, 11) is 1.69. The van der Waals surface area contributed by atoms with E-state index in [1.165, 1.54) is 4.90 Å². The van der Waals surface area contributed by atoms with Crippen LogP contribution in [-0.2, 0) is 4.79 Å². The second-order valence-electron chi connectivity index (χ2n) is 5.45. The number of amides is 1. The van der Waals surface area contributed by atoms with Crippen molar-refractivity contribution in [3.8, 4) is 0 Å². The lowest BCUT2D eigenvalue weighted by molar-refractivity contribution is -0.119. The van der Waals surface area contributed by atoms with Crippen LogP contribution in [0, 0.1) is 6.92 Å². The molecule has 1 aliphatic heterocycles. The SMILES string of the molecule is Cc1ccccc1C1=NC(N=C=S)C(=O)N(C)c2ccc(Cl)cc21. The lowest BCUT2D eigenvalue weighted by atomic mass is 9.97. The maximum atomic E-state index is 12.7. The van der Waals surface area contributed by atoms with Gasteiger partial charge in [-0.25, -0.2) is 4.99 Å². The maximum Gasteiger partial charge on any atom is 0.274 e. The van der Waals surface area contributed by atoms with Crippen LogP contribution in [-0.4, -0.2) is 30.0 Å². The van der Waals surface area contributed by atoms with Gasteiger partial charge >= 0.3 is 0 Å². The molecule has 0 bridgehead atoms. The van der Waals surface area contributed by atoms with Gasteiger partial charge < -0.3 is 4.90 Å². The zero-order valence-electron chi connectivity index (χ0n) is 13.2. The molecule has 0 spiro atoms. The average molecular weight is 356 g/mol. The largest absolute Gasteiger partial charge is 0.311 e. The quantitative estimate of drug-likeness (QED) is 0.606. The van der Waals surface area contributed by atoms with Crippen molar-refractivity contribution in [2.45, 2.75) is 13.1 Å². The molecule has 2 aromatic carbocycles. The van der Waals surface area contributed by atoms with Crippen molar-refractivity contribution in [2.24, 2.45) is 9.98 Å². The number of aryl methyl sites for hydroxylation is 1. The third-order valence-corrected chi connectivity index (χ3v) is 4.29. The van der Waals surface area contributed by atoms with Gasteiger partial charge in [-0.2, -0.15) is 4.99 Å². The molecule has 0 aromatic heterocycles. The van der Waals surface area contributed by atoms with E-state index in [-0.39, 0.29) is 5.91 Å². The number of halogens is 1. The Morgan fingerprint density at radius 1 is 1.25 bits per heavy atom. The smallest absolute Gasteiger partial charge is 0.274 e. The number of hydrogen-bond donors (Lipinski definition) is 0. The molecular weight excluding hydrogens is 342 g/mol. The van der Waals surface area contributed by atoms with Crippen LogP contribution in [0.5, 0.6) is 0 Å². The molecule has 3 rings (SSSR count). The molecule has 0 N–H and O–H groups in total. The molecule has 24 heavy (non-hydrogen) atoms. The fourth-order valence-electron chi connectivity index (χ4n) is 2.72. The number of anilines is 1. The third kappa shape index (κ3) is 2.89. The molecule has 0 aliphatic carbocycles. The topological polar surface area (TPSA) is 45.0 Å². The number of hydrogen-bond acceptors (Lipinski definition) is 4. The Balaban J connectivity index is 2.34. The molecule has 0 fully saturated rings. The zero-order chi connectivity index (χ0) is 17.3. The van der Waals surface area contributed by atoms with E-state index in [1.807, 2.05) is 43.3 Å². The van der Waals surface area contributed by atoms with Gasteiger partial charge in [-0.15, -0.1) is 0 Å². The molecule has 1 amide bonds. The number of nitrogens with zero attached hydrogens (tertiary/aromatic N) is 3. The van der Waals surface area contributed by atoms with Gasteiger partial charge in [0.1, 0.15) is 0 Å². The summed E-state index contributed by atoms with van der Waals surface area (Å²) < 4.78 is 0. The van der Waals surface area contributed by atoms with Crippen LogP contribution in [0.25, 0.3) is 0 Å².